The Labute approximate surface area is 158 Å². The summed E-state index contributed by atoms with van der Waals surface area (Å²) < 4.78 is 11.9. The van der Waals surface area contributed by atoms with Crippen LogP contribution in [0.4, 0.5) is 0 Å². The zero-order chi connectivity index (χ0) is 19.6. The van der Waals surface area contributed by atoms with Crippen LogP contribution >= 0.6 is 0 Å². The lowest BCUT2D eigenvalue weighted by atomic mass is 9.99. The predicted octanol–water partition coefficient (Wildman–Crippen LogP) is 1.09. The summed E-state index contributed by atoms with van der Waals surface area (Å²) >= 11 is 0. The third kappa shape index (κ3) is 3.89. The fraction of sp³-hybridized carbons (Fsp3) is 0.421. The number of likely N-dealkylation sites (N-methyl/N-ethyl adjacent to an activating group) is 1. The van der Waals surface area contributed by atoms with Crippen molar-refractivity contribution in [3.8, 4) is 11.6 Å². The van der Waals surface area contributed by atoms with Crippen LogP contribution in [0.3, 0.4) is 0 Å². The fourth-order valence-electron chi connectivity index (χ4n) is 3.22. The summed E-state index contributed by atoms with van der Waals surface area (Å²) in [7, 11) is 6.43. The lowest BCUT2D eigenvalue weighted by Gasteiger charge is -2.30. The number of aromatic nitrogens is 2. The predicted molar refractivity (Wildman–Crippen MR) is 98.8 cm³/mol. The normalized spacial score (nSPS) is 13.1. The molecule has 8 nitrogen and oxygen atoms in total. The number of carbonyl (C=O) groups is 2. The van der Waals surface area contributed by atoms with E-state index in [4.69, 9.17) is 9.47 Å². The van der Waals surface area contributed by atoms with Crippen molar-refractivity contribution in [1.82, 2.24) is 19.6 Å². The lowest BCUT2D eigenvalue weighted by molar-refractivity contribution is -0.132. The number of benzene rings is 1. The first-order valence-corrected chi connectivity index (χ1v) is 8.69. The number of aryl methyl sites for hydroxylation is 1. The van der Waals surface area contributed by atoms with Crippen LogP contribution in [-0.2, 0) is 24.8 Å². The Morgan fingerprint density at radius 2 is 2.00 bits per heavy atom. The zero-order valence-corrected chi connectivity index (χ0v) is 16.1. The minimum atomic E-state index is -0.296. The molecule has 0 saturated heterocycles. The molecule has 144 valence electrons. The Hall–Kier alpha value is -3.03. The van der Waals surface area contributed by atoms with Gasteiger partial charge in [0.05, 0.1) is 20.8 Å². The molecular weight excluding hydrogens is 348 g/mol. The largest absolute Gasteiger partial charge is 0.497 e. The number of amides is 2. The molecule has 0 N–H and O–H groups in total. The molecule has 1 aromatic heterocycles. The summed E-state index contributed by atoms with van der Waals surface area (Å²) in [5.41, 5.74) is 2.65. The standard InChI is InChI=1S/C19H24N4O4/c1-21(19(25)16-11-22(2)20-18(16)27-4)12-17(24)23-8-7-13-9-15(26-3)6-5-14(13)10-23/h5-6,9,11H,7-8,10,12H2,1-4H3. The van der Waals surface area contributed by atoms with Crippen LogP contribution in [0.2, 0.25) is 0 Å². The first-order valence-electron chi connectivity index (χ1n) is 8.69. The second-order valence-electron chi connectivity index (χ2n) is 6.59. The van der Waals surface area contributed by atoms with Crippen molar-refractivity contribution in [2.75, 3.05) is 34.4 Å². The molecule has 27 heavy (non-hydrogen) atoms. The highest BCUT2D eigenvalue weighted by Crippen LogP contribution is 2.24. The molecule has 1 aliphatic rings. The highest BCUT2D eigenvalue weighted by molar-refractivity contribution is 5.98. The third-order valence-electron chi connectivity index (χ3n) is 4.72. The van der Waals surface area contributed by atoms with Gasteiger partial charge in [-0.1, -0.05) is 6.07 Å². The summed E-state index contributed by atoms with van der Waals surface area (Å²) in [4.78, 5) is 28.5. The Bertz CT molecular complexity index is 861. The third-order valence-corrected chi connectivity index (χ3v) is 4.72. The van der Waals surface area contributed by atoms with Gasteiger partial charge in [0.2, 0.25) is 11.8 Å². The minimum absolute atomic E-state index is 0.00235. The van der Waals surface area contributed by atoms with E-state index in [0.717, 1.165) is 17.7 Å². The van der Waals surface area contributed by atoms with Gasteiger partial charge in [-0.2, -0.15) is 0 Å². The van der Waals surface area contributed by atoms with Gasteiger partial charge in [0.25, 0.3) is 5.91 Å². The molecule has 1 aliphatic heterocycles. The van der Waals surface area contributed by atoms with Crippen LogP contribution in [0, 0.1) is 0 Å². The molecule has 0 unspecified atom stereocenters. The first kappa shape index (κ1) is 18.8. The van der Waals surface area contributed by atoms with Crippen LogP contribution in [0.25, 0.3) is 0 Å². The van der Waals surface area contributed by atoms with Crippen LogP contribution in [-0.4, -0.2) is 65.8 Å². The van der Waals surface area contributed by atoms with E-state index in [0.29, 0.717) is 18.7 Å². The molecule has 2 aromatic rings. The van der Waals surface area contributed by atoms with E-state index in [9.17, 15) is 9.59 Å². The van der Waals surface area contributed by atoms with Gasteiger partial charge in [-0.15, -0.1) is 5.10 Å². The van der Waals surface area contributed by atoms with E-state index in [1.165, 1.54) is 22.3 Å². The quantitative estimate of drug-likeness (QED) is 0.785. The SMILES string of the molecule is COc1ccc2c(c1)CCN(C(=O)CN(C)C(=O)c1cn(C)nc1OC)C2. The number of fused-ring (bicyclic) bond motifs is 1. The van der Waals surface area contributed by atoms with E-state index >= 15 is 0 Å². The Kier molecular flexibility index (Phi) is 5.34. The molecule has 0 aliphatic carbocycles. The molecule has 1 aromatic carbocycles. The maximum Gasteiger partial charge on any atom is 0.261 e. The van der Waals surface area contributed by atoms with Gasteiger partial charge >= 0.3 is 0 Å². The molecule has 0 fully saturated rings. The monoisotopic (exact) mass is 372 g/mol. The van der Waals surface area contributed by atoms with Gasteiger partial charge in [-0.05, 0) is 29.7 Å². The van der Waals surface area contributed by atoms with Gasteiger partial charge in [0, 0.05) is 33.4 Å². The summed E-state index contributed by atoms with van der Waals surface area (Å²) in [6, 6.07) is 5.90. The average molecular weight is 372 g/mol. The summed E-state index contributed by atoms with van der Waals surface area (Å²) in [6.45, 7) is 1.16. The minimum Gasteiger partial charge on any atom is -0.497 e. The molecular formula is C19H24N4O4. The number of hydrogen-bond acceptors (Lipinski definition) is 5. The van der Waals surface area contributed by atoms with E-state index in [1.54, 1.807) is 32.3 Å². The number of rotatable bonds is 5. The van der Waals surface area contributed by atoms with Gasteiger partial charge in [-0.3, -0.25) is 14.3 Å². The smallest absolute Gasteiger partial charge is 0.261 e. The Balaban J connectivity index is 1.65. The van der Waals surface area contributed by atoms with Gasteiger partial charge < -0.3 is 19.3 Å². The summed E-state index contributed by atoms with van der Waals surface area (Å²) in [5.74, 6) is 0.692. The molecule has 8 heteroatoms. The van der Waals surface area contributed by atoms with Crippen molar-refractivity contribution in [3.63, 3.8) is 0 Å². The van der Waals surface area contributed by atoms with E-state index in [-0.39, 0.29) is 24.2 Å². The van der Waals surface area contributed by atoms with Crippen LogP contribution in [0.1, 0.15) is 21.5 Å². The fourth-order valence-corrected chi connectivity index (χ4v) is 3.22. The van der Waals surface area contributed by atoms with Crippen LogP contribution in [0.5, 0.6) is 11.6 Å². The Morgan fingerprint density at radius 3 is 2.70 bits per heavy atom. The first-order chi connectivity index (χ1) is 12.9. The van der Waals surface area contributed by atoms with Crippen molar-refractivity contribution in [1.29, 1.82) is 0 Å². The van der Waals surface area contributed by atoms with E-state index in [1.807, 2.05) is 18.2 Å². The van der Waals surface area contributed by atoms with Crippen LogP contribution < -0.4 is 9.47 Å². The van der Waals surface area contributed by atoms with Crippen molar-refractivity contribution >= 4 is 11.8 Å². The zero-order valence-electron chi connectivity index (χ0n) is 16.1. The topological polar surface area (TPSA) is 76.9 Å². The van der Waals surface area contributed by atoms with Crippen molar-refractivity contribution in [3.05, 3.63) is 41.1 Å². The highest BCUT2D eigenvalue weighted by atomic mass is 16.5. The number of hydrogen-bond donors (Lipinski definition) is 0. The van der Waals surface area contributed by atoms with E-state index in [2.05, 4.69) is 5.10 Å². The van der Waals surface area contributed by atoms with Crippen molar-refractivity contribution in [2.24, 2.45) is 7.05 Å². The number of methoxy groups -OCH3 is 2. The molecule has 0 atom stereocenters. The maximum absolute atomic E-state index is 12.7. The van der Waals surface area contributed by atoms with Gasteiger partial charge in [-0.25, -0.2) is 0 Å². The molecule has 0 saturated carbocycles. The second kappa shape index (κ2) is 7.69. The number of ether oxygens (including phenoxy) is 2. The molecule has 0 spiro atoms. The van der Waals surface area contributed by atoms with Crippen molar-refractivity contribution < 1.29 is 19.1 Å². The molecule has 3 rings (SSSR count). The number of nitrogens with zero attached hydrogens (tertiary/aromatic N) is 4. The Morgan fingerprint density at radius 1 is 1.22 bits per heavy atom. The highest BCUT2D eigenvalue weighted by Gasteiger charge is 2.25. The number of carbonyl (C=O) groups excluding carboxylic acids is 2. The van der Waals surface area contributed by atoms with Gasteiger partial charge in [0.15, 0.2) is 0 Å². The maximum atomic E-state index is 12.7. The molecule has 2 heterocycles. The molecule has 0 radical (unpaired) electrons. The second-order valence-corrected chi connectivity index (χ2v) is 6.59. The molecule has 2 amide bonds. The molecule has 0 bridgehead atoms. The average Bonchev–Trinajstić information content (AvgIpc) is 3.07. The lowest BCUT2D eigenvalue weighted by Crippen LogP contribution is -2.43. The van der Waals surface area contributed by atoms with Gasteiger partial charge in [0.1, 0.15) is 11.3 Å². The summed E-state index contributed by atoms with van der Waals surface area (Å²) in [5, 5.41) is 4.08. The summed E-state index contributed by atoms with van der Waals surface area (Å²) in [6.07, 6.45) is 2.36. The van der Waals surface area contributed by atoms with Crippen molar-refractivity contribution in [2.45, 2.75) is 13.0 Å². The van der Waals surface area contributed by atoms with Crippen LogP contribution in [0.15, 0.2) is 24.4 Å². The van der Waals surface area contributed by atoms with E-state index < -0.39 is 0 Å².